The number of hydrogen-bond acceptors (Lipinski definition) is 0. The van der Waals surface area contributed by atoms with Gasteiger partial charge in [-0.05, 0) is 5.92 Å². The molecule has 8 heavy (non-hydrogen) atoms. The Morgan fingerprint density at radius 3 is 0.875 bits per heavy atom. The first kappa shape index (κ1) is 15.6. The molecule has 0 spiro atoms. The highest BCUT2D eigenvalue weighted by Gasteiger charge is 1.68. The fraction of sp³-hybridized carbons (Fsp3) is 0.750. The van der Waals surface area contributed by atoms with Crippen molar-refractivity contribution >= 4 is 0 Å². The van der Waals surface area contributed by atoms with E-state index < -0.39 is 0 Å². The summed E-state index contributed by atoms with van der Waals surface area (Å²) in [6.07, 6.45) is 0. The summed E-state index contributed by atoms with van der Waals surface area (Å²) in [4.78, 5) is 0. The molecule has 0 nitrogen and oxygen atoms in total. The van der Waals surface area contributed by atoms with Crippen molar-refractivity contribution < 1.29 is 0 Å². The van der Waals surface area contributed by atoms with Crippen LogP contribution in [0.2, 0.25) is 0 Å². The predicted octanol–water partition coefficient (Wildman–Crippen LogP) is 3.49. The smallest absolute Gasteiger partial charge is 0.0500 e. The monoisotopic (exact) mass is 116 g/mol. The van der Waals surface area contributed by atoms with Gasteiger partial charge < -0.3 is 0 Å². The minimum Gasteiger partial charge on any atom is -0.106 e. The molecule has 0 N–H and O–H groups in total. The third-order valence-electron chi connectivity index (χ3n) is 0. The standard InChI is InChI=1S/C4H10.C2H6.C2H4/c1-4(2)3;2*1-2/h4H,1-3H3;1-2H3;1-2H2. The van der Waals surface area contributed by atoms with E-state index in [4.69, 9.17) is 0 Å². The third kappa shape index (κ3) is 1910. The van der Waals surface area contributed by atoms with Crippen molar-refractivity contribution in [2.75, 3.05) is 0 Å². The summed E-state index contributed by atoms with van der Waals surface area (Å²) in [5.74, 6) is 0.833. The lowest BCUT2D eigenvalue weighted by molar-refractivity contribution is 0.737. The van der Waals surface area contributed by atoms with Crippen LogP contribution in [0.25, 0.3) is 0 Å². The average Bonchev–Trinajstić information content (AvgIpc) is 1.75. The van der Waals surface area contributed by atoms with E-state index in [0.29, 0.717) is 0 Å². The largest absolute Gasteiger partial charge is 0.106 e. The van der Waals surface area contributed by atoms with Gasteiger partial charge in [0.25, 0.3) is 0 Å². The van der Waals surface area contributed by atoms with Gasteiger partial charge in [0.15, 0.2) is 0 Å². The van der Waals surface area contributed by atoms with E-state index in [9.17, 15) is 0 Å². The summed E-state index contributed by atoms with van der Waals surface area (Å²) in [5, 5.41) is 0. The molecule has 0 heterocycles. The molecule has 0 aliphatic carbocycles. The molecule has 0 aliphatic heterocycles. The van der Waals surface area contributed by atoms with Gasteiger partial charge in [-0.2, -0.15) is 0 Å². The van der Waals surface area contributed by atoms with Gasteiger partial charge in [0.1, 0.15) is 0 Å². The minimum atomic E-state index is 0.833. The molecule has 0 aromatic heterocycles. The molecule has 0 heteroatoms. The molecule has 0 aliphatic rings. The maximum atomic E-state index is 3.00. The van der Waals surface area contributed by atoms with Gasteiger partial charge in [-0.15, -0.1) is 13.2 Å². The Hall–Kier alpha value is -0.260. The second kappa shape index (κ2) is 29.6. The summed E-state index contributed by atoms with van der Waals surface area (Å²) < 4.78 is 0. The van der Waals surface area contributed by atoms with Crippen LogP contribution in [0.3, 0.4) is 0 Å². The first-order valence-electron chi connectivity index (χ1n) is 3.23. The van der Waals surface area contributed by atoms with E-state index in [2.05, 4.69) is 33.9 Å². The van der Waals surface area contributed by atoms with Crippen molar-refractivity contribution in [2.45, 2.75) is 34.6 Å². The summed E-state index contributed by atoms with van der Waals surface area (Å²) >= 11 is 0. The molecular formula is C8H20. The molecule has 0 amide bonds. The van der Waals surface area contributed by atoms with E-state index in [1.165, 1.54) is 0 Å². The second-order valence-corrected chi connectivity index (χ2v) is 1.73. The van der Waals surface area contributed by atoms with Crippen LogP contribution in [-0.2, 0) is 0 Å². The van der Waals surface area contributed by atoms with E-state index in [0.717, 1.165) is 5.92 Å². The molecule has 0 atom stereocenters. The van der Waals surface area contributed by atoms with Gasteiger partial charge in [0.05, 0.1) is 0 Å². The molecule has 0 aromatic rings. The molecular weight excluding hydrogens is 96.1 g/mol. The molecule has 0 fully saturated rings. The minimum absolute atomic E-state index is 0.833. The topological polar surface area (TPSA) is 0 Å². The number of rotatable bonds is 0. The molecule has 52 valence electrons. The summed E-state index contributed by atoms with van der Waals surface area (Å²) in [5.41, 5.74) is 0. The van der Waals surface area contributed by atoms with Crippen molar-refractivity contribution in [3.05, 3.63) is 13.2 Å². The average molecular weight is 116 g/mol. The van der Waals surface area contributed by atoms with Gasteiger partial charge in [0, 0.05) is 0 Å². The van der Waals surface area contributed by atoms with Crippen LogP contribution in [0.4, 0.5) is 0 Å². The van der Waals surface area contributed by atoms with Crippen LogP contribution >= 0.6 is 0 Å². The summed E-state index contributed by atoms with van der Waals surface area (Å²) in [6.45, 7) is 16.5. The molecule has 0 unspecified atom stereocenters. The first-order chi connectivity index (χ1) is 3.73. The van der Waals surface area contributed by atoms with Crippen LogP contribution < -0.4 is 0 Å². The Labute approximate surface area is 54.6 Å². The SMILES string of the molecule is C=C.CC.CC(C)C. The molecule has 0 aromatic carbocycles. The molecule has 0 saturated carbocycles. The highest BCUT2D eigenvalue weighted by Crippen LogP contribution is 1.81. The predicted molar refractivity (Wildman–Crippen MR) is 43.1 cm³/mol. The van der Waals surface area contributed by atoms with Gasteiger partial charge in [-0.25, -0.2) is 0 Å². The lowest BCUT2D eigenvalue weighted by Gasteiger charge is -1.79. The zero-order valence-electron chi connectivity index (χ0n) is 6.99. The van der Waals surface area contributed by atoms with Crippen molar-refractivity contribution in [3.8, 4) is 0 Å². The van der Waals surface area contributed by atoms with Crippen LogP contribution in [-0.4, -0.2) is 0 Å². The van der Waals surface area contributed by atoms with Gasteiger partial charge in [-0.1, -0.05) is 34.6 Å². The van der Waals surface area contributed by atoms with Crippen LogP contribution in [0.1, 0.15) is 34.6 Å². The Balaban J connectivity index is -0.0000000542. The first-order valence-corrected chi connectivity index (χ1v) is 3.23. The maximum Gasteiger partial charge on any atom is -0.0500 e. The van der Waals surface area contributed by atoms with E-state index in [1.807, 2.05) is 13.8 Å². The van der Waals surface area contributed by atoms with E-state index >= 15 is 0 Å². The zero-order chi connectivity index (χ0) is 7.58. The fourth-order valence-electron chi connectivity index (χ4n) is 0. The second-order valence-electron chi connectivity index (χ2n) is 1.73. The highest BCUT2D eigenvalue weighted by atomic mass is 13.7. The Morgan fingerprint density at radius 1 is 0.875 bits per heavy atom. The van der Waals surface area contributed by atoms with Crippen LogP contribution in [0.5, 0.6) is 0 Å². The van der Waals surface area contributed by atoms with Gasteiger partial charge >= 0.3 is 0 Å². The van der Waals surface area contributed by atoms with Crippen LogP contribution in [0.15, 0.2) is 13.2 Å². The van der Waals surface area contributed by atoms with E-state index in [1.54, 1.807) is 0 Å². The molecule has 0 bridgehead atoms. The van der Waals surface area contributed by atoms with E-state index in [-0.39, 0.29) is 0 Å². The normalized spacial score (nSPS) is 5.75. The highest BCUT2D eigenvalue weighted by molar-refractivity contribution is 4.22. The van der Waals surface area contributed by atoms with Crippen molar-refractivity contribution in [1.29, 1.82) is 0 Å². The quantitative estimate of drug-likeness (QED) is 0.425. The molecule has 0 radical (unpaired) electrons. The Kier molecular flexibility index (Phi) is 57.9. The molecule has 0 rings (SSSR count). The van der Waals surface area contributed by atoms with Crippen molar-refractivity contribution in [1.82, 2.24) is 0 Å². The molecule has 0 saturated heterocycles. The third-order valence-corrected chi connectivity index (χ3v) is 0. The van der Waals surface area contributed by atoms with Gasteiger partial charge in [0.2, 0.25) is 0 Å². The fourth-order valence-corrected chi connectivity index (χ4v) is 0. The maximum absolute atomic E-state index is 3.00. The Bertz CT molecular complexity index is 11.2. The lowest BCUT2D eigenvalue weighted by Crippen LogP contribution is -1.66. The van der Waals surface area contributed by atoms with Crippen molar-refractivity contribution in [2.24, 2.45) is 5.92 Å². The Morgan fingerprint density at radius 2 is 0.875 bits per heavy atom. The van der Waals surface area contributed by atoms with Gasteiger partial charge in [-0.3, -0.25) is 0 Å². The number of hydrogen-bond donors (Lipinski definition) is 0. The summed E-state index contributed by atoms with van der Waals surface area (Å²) in [7, 11) is 0. The summed E-state index contributed by atoms with van der Waals surface area (Å²) in [6, 6.07) is 0. The van der Waals surface area contributed by atoms with Crippen molar-refractivity contribution in [3.63, 3.8) is 0 Å². The lowest BCUT2D eigenvalue weighted by atomic mass is 10.3. The zero-order valence-corrected chi connectivity index (χ0v) is 6.99. The van der Waals surface area contributed by atoms with Crippen LogP contribution in [0, 0.1) is 5.92 Å².